The van der Waals surface area contributed by atoms with Crippen LogP contribution in [-0.4, -0.2) is 28.3 Å². The lowest BCUT2D eigenvalue weighted by atomic mass is 10.3. The summed E-state index contributed by atoms with van der Waals surface area (Å²) in [6.45, 7) is 0. The van der Waals surface area contributed by atoms with Crippen LogP contribution in [-0.2, 0) is 9.36 Å². The zero-order valence-electron chi connectivity index (χ0n) is 5.93. The highest BCUT2D eigenvalue weighted by Gasteiger charge is 2.24. The second kappa shape index (κ2) is 5.18. The molecule has 0 saturated heterocycles. The molecule has 0 aliphatic carbocycles. The van der Waals surface area contributed by atoms with Crippen LogP contribution in [0, 0.1) is 0 Å². The van der Waals surface area contributed by atoms with Crippen LogP contribution in [0.3, 0.4) is 0 Å². The molecule has 0 spiro atoms. The van der Waals surface area contributed by atoms with Crippen LogP contribution in [0.5, 0.6) is 0 Å². The monoisotopic (exact) mass is 180 g/mol. The van der Waals surface area contributed by atoms with Gasteiger partial charge in [-0.2, -0.15) is 0 Å². The molecule has 2 atom stereocenters. The van der Waals surface area contributed by atoms with Gasteiger partial charge >= 0.3 is 13.8 Å². The first-order valence-corrected chi connectivity index (χ1v) is 4.61. The van der Waals surface area contributed by atoms with E-state index in [-0.39, 0.29) is 12.8 Å². The number of nitrogens with two attached hydrogens (primary N) is 1. The zero-order chi connectivity index (χ0) is 8.85. The lowest BCUT2D eigenvalue weighted by molar-refractivity contribution is -0.137. The maximum atomic E-state index is 10.7. The van der Waals surface area contributed by atoms with E-state index in [1.165, 1.54) is 0 Å². The van der Waals surface area contributed by atoms with Gasteiger partial charge in [0.2, 0.25) is 12.1 Å². The lowest BCUT2D eigenvalue weighted by Crippen LogP contribution is -2.17. The van der Waals surface area contributed by atoms with Crippen LogP contribution in [0.15, 0.2) is 0 Å². The molecule has 0 bridgehead atoms. The zero-order valence-corrected chi connectivity index (χ0v) is 6.83. The Morgan fingerprint density at radius 2 is 2.18 bits per heavy atom. The molecule has 0 rings (SSSR count). The van der Waals surface area contributed by atoms with E-state index in [1.807, 2.05) is 0 Å². The molecular weight excluding hydrogens is 169 g/mol. The van der Waals surface area contributed by atoms with Crippen molar-refractivity contribution in [2.45, 2.75) is 18.6 Å². The fraction of sp³-hybridized carbons (Fsp3) is 0.800. The number of hydrogen-bond donors (Lipinski definition) is 3. The van der Waals surface area contributed by atoms with Crippen LogP contribution < -0.4 is 5.73 Å². The second-order valence-electron chi connectivity index (χ2n) is 2.06. The summed E-state index contributed by atoms with van der Waals surface area (Å²) in [6, 6.07) is 0. The van der Waals surface area contributed by atoms with Gasteiger partial charge in [0.15, 0.2) is 0 Å². The Morgan fingerprint density at radius 3 is 2.55 bits per heavy atom. The predicted molar refractivity (Wildman–Crippen MR) is 39.5 cm³/mol. The third kappa shape index (κ3) is 4.84. The molecule has 11 heavy (non-hydrogen) atoms. The van der Waals surface area contributed by atoms with E-state index in [2.05, 4.69) is 0 Å². The molecule has 0 aliphatic heterocycles. The number of carbonyl (C=O) groups is 1. The van der Waals surface area contributed by atoms with Gasteiger partial charge in [-0.05, 0) is 0 Å². The first kappa shape index (κ1) is 10.5. The van der Waals surface area contributed by atoms with Gasteiger partial charge in [-0.25, -0.2) is 0 Å². The number of aliphatic carboxylic acids is 1. The van der Waals surface area contributed by atoms with E-state index in [1.54, 1.807) is 0 Å². The number of carboxylic acids is 1. The van der Waals surface area contributed by atoms with Crippen LogP contribution in [0.25, 0.3) is 0 Å². The van der Waals surface area contributed by atoms with Gasteiger partial charge in [-0.1, -0.05) is 4.57 Å². The molecule has 0 amide bonds. The highest BCUT2D eigenvalue weighted by Crippen LogP contribution is 2.25. The van der Waals surface area contributed by atoms with E-state index < -0.39 is 25.9 Å². The SMILES string of the molecule is NC(CCC(=O)O)[P+](=O)CO. The van der Waals surface area contributed by atoms with Crippen molar-refractivity contribution in [2.24, 2.45) is 5.73 Å². The van der Waals surface area contributed by atoms with E-state index in [0.717, 1.165) is 0 Å². The van der Waals surface area contributed by atoms with Crippen molar-refractivity contribution in [1.82, 2.24) is 0 Å². The van der Waals surface area contributed by atoms with Crippen molar-refractivity contribution >= 4 is 13.8 Å². The molecule has 0 aromatic heterocycles. The second-order valence-corrected chi connectivity index (χ2v) is 3.84. The van der Waals surface area contributed by atoms with Crippen molar-refractivity contribution in [3.63, 3.8) is 0 Å². The van der Waals surface area contributed by atoms with Gasteiger partial charge in [0.25, 0.3) is 0 Å². The summed E-state index contributed by atoms with van der Waals surface area (Å²) >= 11 is 0. The maximum absolute atomic E-state index is 10.7. The van der Waals surface area contributed by atoms with Crippen molar-refractivity contribution in [2.75, 3.05) is 6.35 Å². The summed E-state index contributed by atoms with van der Waals surface area (Å²) < 4.78 is 10.7. The van der Waals surface area contributed by atoms with Gasteiger partial charge in [0.1, 0.15) is 0 Å². The Bertz CT molecular complexity index is 161. The van der Waals surface area contributed by atoms with Gasteiger partial charge in [0.05, 0.1) is 6.42 Å². The molecule has 0 radical (unpaired) electrons. The molecule has 64 valence electrons. The van der Waals surface area contributed by atoms with E-state index in [9.17, 15) is 9.36 Å². The minimum Gasteiger partial charge on any atom is -0.481 e. The summed E-state index contributed by atoms with van der Waals surface area (Å²) in [5.41, 5.74) is 5.27. The standard InChI is InChI=1S/C5H10NO4P/c6-4(11(10)3-7)1-2-5(8)9/h4,7H,1-3,6H2/p+1. The molecule has 0 saturated carbocycles. The molecule has 5 nitrogen and oxygen atoms in total. The van der Waals surface area contributed by atoms with Gasteiger partial charge in [-0.3, -0.25) is 10.5 Å². The van der Waals surface area contributed by atoms with E-state index in [0.29, 0.717) is 0 Å². The first-order valence-electron chi connectivity index (χ1n) is 3.10. The Hall–Kier alpha value is -0.510. The van der Waals surface area contributed by atoms with Crippen LogP contribution >= 0.6 is 7.80 Å². The van der Waals surface area contributed by atoms with Gasteiger partial charge in [0, 0.05) is 6.42 Å². The lowest BCUT2D eigenvalue weighted by Gasteiger charge is -1.95. The molecule has 0 aliphatic rings. The molecule has 0 heterocycles. The average Bonchev–Trinajstić information content (AvgIpc) is 1.98. The van der Waals surface area contributed by atoms with Crippen molar-refractivity contribution < 1.29 is 19.6 Å². The summed E-state index contributed by atoms with van der Waals surface area (Å²) in [6.07, 6.45) is -0.441. The molecule has 2 unspecified atom stereocenters. The third-order valence-electron chi connectivity index (χ3n) is 1.16. The maximum Gasteiger partial charge on any atom is 0.385 e. The topological polar surface area (TPSA) is 101 Å². The Kier molecular flexibility index (Phi) is 4.94. The normalized spacial score (nSPS) is 14.2. The highest BCUT2D eigenvalue weighted by molar-refractivity contribution is 7.45. The fourth-order valence-corrected chi connectivity index (χ4v) is 1.15. The average molecular weight is 180 g/mol. The van der Waals surface area contributed by atoms with E-state index in [4.69, 9.17) is 15.9 Å². The minimum absolute atomic E-state index is 0.109. The van der Waals surface area contributed by atoms with Crippen LogP contribution in [0.4, 0.5) is 0 Å². The quantitative estimate of drug-likeness (QED) is 0.513. The predicted octanol–water partition coefficient (Wildman–Crippen LogP) is -0.0868. The summed E-state index contributed by atoms with van der Waals surface area (Å²) in [7, 11) is -1.85. The fourth-order valence-electron chi connectivity index (χ4n) is 0.520. The molecular formula is C5H11NO4P+. The molecule has 6 heteroatoms. The largest absolute Gasteiger partial charge is 0.481 e. The number of rotatable bonds is 5. The molecule has 0 fully saturated rings. The highest BCUT2D eigenvalue weighted by atomic mass is 31.1. The summed E-state index contributed by atoms with van der Waals surface area (Å²) in [4.78, 5) is 10.0. The molecule has 0 aromatic carbocycles. The van der Waals surface area contributed by atoms with Gasteiger partial charge < -0.3 is 10.2 Å². The van der Waals surface area contributed by atoms with Gasteiger partial charge in [-0.15, -0.1) is 0 Å². The number of aliphatic hydroxyl groups is 1. The number of carboxylic acid groups (broad SMARTS) is 1. The van der Waals surface area contributed by atoms with Crippen molar-refractivity contribution in [3.05, 3.63) is 0 Å². The van der Waals surface area contributed by atoms with Crippen molar-refractivity contribution in [1.29, 1.82) is 0 Å². The summed E-state index contributed by atoms with van der Waals surface area (Å²) in [5, 5.41) is 16.6. The number of aliphatic hydroxyl groups excluding tert-OH is 1. The third-order valence-corrected chi connectivity index (χ3v) is 2.44. The first-order chi connectivity index (χ1) is 5.07. The number of hydrogen-bond acceptors (Lipinski definition) is 4. The van der Waals surface area contributed by atoms with Crippen molar-refractivity contribution in [3.8, 4) is 0 Å². The Labute approximate surface area is 65.0 Å². The smallest absolute Gasteiger partial charge is 0.385 e. The van der Waals surface area contributed by atoms with Crippen LogP contribution in [0.1, 0.15) is 12.8 Å². The Balaban J connectivity index is 3.60. The summed E-state index contributed by atoms with van der Waals surface area (Å²) in [5.74, 6) is -1.67. The minimum atomic E-state index is -1.85. The van der Waals surface area contributed by atoms with Crippen LogP contribution in [0.2, 0.25) is 0 Å². The molecule has 0 aromatic rings. The molecule has 4 N–H and O–H groups in total. The Morgan fingerprint density at radius 1 is 1.64 bits per heavy atom. The van der Waals surface area contributed by atoms with E-state index >= 15 is 0 Å².